The first-order chi connectivity index (χ1) is 10.5. The van der Waals surface area contributed by atoms with Crippen LogP contribution in [0.1, 0.15) is 27.7 Å². The van der Waals surface area contributed by atoms with Crippen molar-refractivity contribution in [3.8, 4) is 0 Å². The summed E-state index contributed by atoms with van der Waals surface area (Å²) in [6, 6.07) is 0. The van der Waals surface area contributed by atoms with Gasteiger partial charge in [-0.2, -0.15) is 0 Å². The fourth-order valence-electron chi connectivity index (χ4n) is 0. The predicted octanol–water partition coefficient (Wildman–Crippen LogP) is 2.23. The minimum atomic E-state index is 0. The van der Waals surface area contributed by atoms with Crippen molar-refractivity contribution in [1.82, 2.24) is 0 Å². The molecule has 0 aromatic heterocycles. The van der Waals surface area contributed by atoms with Gasteiger partial charge in [0, 0.05) is 34.1 Å². The van der Waals surface area contributed by atoms with Gasteiger partial charge in [0.05, 0.1) is 0 Å². The van der Waals surface area contributed by atoms with Crippen molar-refractivity contribution < 1.29 is 62.1 Å². The van der Waals surface area contributed by atoms with Crippen molar-refractivity contribution in [2.24, 2.45) is 11.8 Å². The Morgan fingerprint density at radius 3 is 0.542 bits per heavy atom. The molecule has 10 heteroatoms. The largest absolute Gasteiger partial charge is 0 e. The number of rotatable bonds is 2. The van der Waals surface area contributed by atoms with E-state index in [1.54, 1.807) is 0 Å². The average molecular weight is 649 g/mol. The second kappa shape index (κ2) is 156. The van der Waals surface area contributed by atoms with Gasteiger partial charge in [-0.15, -0.1) is 0 Å². The van der Waals surface area contributed by atoms with Gasteiger partial charge in [-0.25, -0.2) is 0 Å². The Hall–Kier alpha value is 1.06. The minimum Gasteiger partial charge on any atom is 0 e. The van der Waals surface area contributed by atoms with Crippen LogP contribution in [0.5, 0.6) is 0 Å². The maximum absolute atomic E-state index is 7.50. The zero-order valence-electron chi connectivity index (χ0n) is 13.5. The SMILES string of the molecule is CC(C)C[Te].CC(C)C[Te].[C-]#[O+].[C-]#[O+].[C-]#[O+].[C-]#[O+].[C-]#[O+].[C-]#[O+].[Fe].[Fe]. The van der Waals surface area contributed by atoms with Crippen LogP contribution in [-0.2, 0) is 62.1 Å². The molecule has 0 aliphatic heterocycles. The molecule has 0 atom stereocenters. The first-order valence-corrected chi connectivity index (χ1v) is 8.22. The molecule has 2 radical (unpaired) electrons. The minimum absolute atomic E-state index is 0. The molecular formula is C14H18Fe2O6Te2. The van der Waals surface area contributed by atoms with Crippen molar-refractivity contribution in [2.75, 3.05) is 0 Å². The quantitative estimate of drug-likeness (QED) is 0.248. The van der Waals surface area contributed by atoms with Crippen LogP contribution in [0.4, 0.5) is 0 Å². The molecule has 0 aliphatic carbocycles. The summed E-state index contributed by atoms with van der Waals surface area (Å²) in [7, 11) is 0. The van der Waals surface area contributed by atoms with Crippen LogP contribution in [0, 0.1) is 51.7 Å². The van der Waals surface area contributed by atoms with E-state index in [2.05, 4.69) is 112 Å². The molecule has 0 bridgehead atoms. The van der Waals surface area contributed by atoms with Gasteiger partial charge < -0.3 is 0 Å². The van der Waals surface area contributed by atoms with Crippen LogP contribution in [0.3, 0.4) is 0 Å². The van der Waals surface area contributed by atoms with E-state index in [9.17, 15) is 0 Å². The first-order valence-electron chi connectivity index (χ1n) is 4.93. The van der Waals surface area contributed by atoms with Gasteiger partial charge in [0.15, 0.2) is 0 Å². The fraction of sp³-hybridized carbons (Fsp3) is 0.571. The maximum atomic E-state index is 7.50. The Morgan fingerprint density at radius 2 is 0.542 bits per heavy atom. The van der Waals surface area contributed by atoms with Gasteiger partial charge in [0.25, 0.3) is 0 Å². The molecule has 0 aromatic carbocycles. The zero-order chi connectivity index (χ0) is 20.6. The molecule has 138 valence electrons. The predicted molar refractivity (Wildman–Crippen MR) is 74.4 cm³/mol. The summed E-state index contributed by atoms with van der Waals surface area (Å²) in [5.74, 6) is 1.78. The molecule has 0 aromatic rings. The van der Waals surface area contributed by atoms with E-state index >= 15 is 0 Å². The van der Waals surface area contributed by atoms with Crippen molar-refractivity contribution in [2.45, 2.75) is 36.6 Å². The second-order valence-electron chi connectivity index (χ2n) is 3.12. The van der Waals surface area contributed by atoms with Crippen LogP contribution < -0.4 is 0 Å². The number of hydrogen-bond acceptors (Lipinski definition) is 0. The van der Waals surface area contributed by atoms with E-state index in [-0.39, 0.29) is 34.1 Å². The smallest absolute Gasteiger partial charge is 0 e. The summed E-state index contributed by atoms with van der Waals surface area (Å²) in [5, 5.41) is 0. The average Bonchev–Trinajstić information content (AvgIpc) is 2.65. The molecule has 0 N–H and O–H groups in total. The van der Waals surface area contributed by atoms with Crippen molar-refractivity contribution in [3.63, 3.8) is 0 Å². The summed E-state index contributed by atoms with van der Waals surface area (Å²) < 4.78 is 47.6. The molecule has 0 spiro atoms. The van der Waals surface area contributed by atoms with Crippen LogP contribution in [-0.4, -0.2) is 44.6 Å². The molecule has 0 saturated carbocycles. The number of hydrogen-bond donors (Lipinski definition) is 0. The second-order valence-corrected chi connectivity index (χ2v) is 5.02. The maximum Gasteiger partial charge on any atom is 0 e. The van der Waals surface area contributed by atoms with Crippen LogP contribution >= 0.6 is 0 Å². The summed E-state index contributed by atoms with van der Waals surface area (Å²) in [5.41, 5.74) is 0. The summed E-state index contributed by atoms with van der Waals surface area (Å²) in [4.78, 5) is 0. The molecule has 24 heavy (non-hydrogen) atoms. The third-order valence-corrected chi connectivity index (χ3v) is 4.47. The molecule has 0 aliphatic rings. The summed E-state index contributed by atoms with van der Waals surface area (Å²) in [6.45, 7) is 35.9. The molecule has 0 amide bonds. The van der Waals surface area contributed by atoms with E-state index in [0.717, 1.165) is 11.8 Å². The van der Waals surface area contributed by atoms with E-state index in [1.165, 1.54) is 8.94 Å². The molecular weight excluding hydrogens is 631 g/mol. The van der Waals surface area contributed by atoms with Gasteiger partial charge in [0.1, 0.15) is 0 Å². The first kappa shape index (κ1) is 64.0. The monoisotopic (exact) mass is 654 g/mol. The normalized spacial score (nSPS) is 4.50. The molecule has 0 unspecified atom stereocenters. The Morgan fingerprint density at radius 1 is 0.500 bits per heavy atom. The third-order valence-electron chi connectivity index (χ3n) is 0.667. The molecule has 6 nitrogen and oxygen atoms in total. The van der Waals surface area contributed by atoms with Crippen molar-refractivity contribution in [1.29, 1.82) is 0 Å². The fourth-order valence-corrected chi connectivity index (χ4v) is 0. The van der Waals surface area contributed by atoms with Gasteiger partial charge in [-0.1, -0.05) is 0 Å². The summed E-state index contributed by atoms with van der Waals surface area (Å²) >= 11 is 4.28. The molecule has 0 heterocycles. The van der Waals surface area contributed by atoms with E-state index < -0.39 is 0 Å². The van der Waals surface area contributed by atoms with Gasteiger partial charge >= 0.3 is 161 Å². The Balaban J connectivity index is -0.0000000121. The summed E-state index contributed by atoms with van der Waals surface area (Å²) in [6.07, 6.45) is 0. The standard InChI is InChI=1S/2C4H9Te.6CO.2Fe/c2*1-4(2)3-5;6*1-2;;/h2*4H,3H2,1-2H3;;;;;;;;. The topological polar surface area (TPSA) is 119 Å². The third kappa shape index (κ3) is 439. The van der Waals surface area contributed by atoms with Crippen molar-refractivity contribution >= 4 is 44.6 Å². The van der Waals surface area contributed by atoms with E-state index in [4.69, 9.17) is 27.9 Å². The molecule has 0 saturated heterocycles. The molecule has 0 rings (SSSR count). The van der Waals surface area contributed by atoms with E-state index in [0.29, 0.717) is 0 Å². The van der Waals surface area contributed by atoms with Gasteiger partial charge in [-0.3, -0.25) is 0 Å². The van der Waals surface area contributed by atoms with Crippen LogP contribution in [0.15, 0.2) is 0 Å². The Labute approximate surface area is 193 Å². The van der Waals surface area contributed by atoms with Crippen LogP contribution in [0.2, 0.25) is 8.94 Å². The van der Waals surface area contributed by atoms with Gasteiger partial charge in [0.2, 0.25) is 0 Å². The molecule has 0 fully saturated rings. The van der Waals surface area contributed by atoms with E-state index in [1.807, 2.05) is 0 Å². The Bertz CT molecular complexity index is 195. The van der Waals surface area contributed by atoms with Crippen LogP contribution in [0.25, 0.3) is 0 Å². The zero-order valence-corrected chi connectivity index (χ0v) is 20.4. The Kier molecular flexibility index (Phi) is 415. The van der Waals surface area contributed by atoms with Crippen molar-refractivity contribution in [3.05, 3.63) is 39.9 Å². The van der Waals surface area contributed by atoms with Gasteiger partial charge in [-0.05, 0) is 0 Å².